The number of rotatable bonds is 5. The molecular weight excluding hydrogens is 152 g/mol. The van der Waals surface area contributed by atoms with Gasteiger partial charge in [-0.1, -0.05) is 0 Å². The van der Waals surface area contributed by atoms with Crippen molar-refractivity contribution in [2.24, 2.45) is 5.92 Å². The van der Waals surface area contributed by atoms with Crippen LogP contribution in [0.5, 0.6) is 0 Å². The van der Waals surface area contributed by atoms with Gasteiger partial charge in [0.25, 0.3) is 0 Å². The van der Waals surface area contributed by atoms with Gasteiger partial charge >= 0.3 is 0 Å². The summed E-state index contributed by atoms with van der Waals surface area (Å²) in [6, 6.07) is 0.250. The van der Waals surface area contributed by atoms with E-state index < -0.39 is 0 Å². The zero-order valence-corrected chi connectivity index (χ0v) is 7.89. The van der Waals surface area contributed by atoms with Crippen molar-refractivity contribution in [3.05, 3.63) is 0 Å². The van der Waals surface area contributed by atoms with Gasteiger partial charge in [0.05, 0.1) is 6.54 Å². The summed E-state index contributed by atoms with van der Waals surface area (Å²) in [4.78, 5) is 11.1. The summed E-state index contributed by atoms with van der Waals surface area (Å²) in [6.07, 6.45) is 2.66. The van der Waals surface area contributed by atoms with Crippen molar-refractivity contribution >= 4 is 5.91 Å². The summed E-state index contributed by atoms with van der Waals surface area (Å²) >= 11 is 0. The minimum atomic E-state index is 0.102. The zero-order chi connectivity index (χ0) is 8.97. The number of hydrogen-bond donors (Lipinski definition) is 2. The van der Waals surface area contributed by atoms with Crippen LogP contribution in [0, 0.1) is 5.92 Å². The zero-order valence-electron chi connectivity index (χ0n) is 7.89. The standard InChI is InChI=1S/C9H18N2O/c1-7(2)11-9(12)6-10-5-8-3-4-8/h7-8,10H,3-6H2,1-2H3,(H,11,12). The van der Waals surface area contributed by atoms with Gasteiger partial charge in [0.1, 0.15) is 0 Å². The Morgan fingerprint density at radius 3 is 2.67 bits per heavy atom. The lowest BCUT2D eigenvalue weighted by atomic mass is 10.4. The van der Waals surface area contributed by atoms with Gasteiger partial charge in [-0.3, -0.25) is 4.79 Å². The van der Waals surface area contributed by atoms with E-state index in [1.165, 1.54) is 12.8 Å². The van der Waals surface area contributed by atoms with Crippen LogP contribution in [0.1, 0.15) is 26.7 Å². The summed E-state index contributed by atoms with van der Waals surface area (Å²) in [7, 11) is 0. The molecule has 1 amide bonds. The molecule has 0 aromatic rings. The third-order valence-electron chi connectivity index (χ3n) is 1.87. The highest BCUT2D eigenvalue weighted by molar-refractivity contribution is 5.78. The molecule has 1 rings (SSSR count). The molecule has 3 nitrogen and oxygen atoms in total. The van der Waals surface area contributed by atoms with Gasteiger partial charge < -0.3 is 10.6 Å². The highest BCUT2D eigenvalue weighted by Crippen LogP contribution is 2.27. The molecule has 1 saturated carbocycles. The van der Waals surface area contributed by atoms with Crippen molar-refractivity contribution in [1.82, 2.24) is 10.6 Å². The third-order valence-corrected chi connectivity index (χ3v) is 1.87. The van der Waals surface area contributed by atoms with Crippen molar-refractivity contribution in [2.75, 3.05) is 13.1 Å². The number of hydrogen-bond acceptors (Lipinski definition) is 2. The largest absolute Gasteiger partial charge is 0.353 e. The van der Waals surface area contributed by atoms with Crippen LogP contribution in [-0.4, -0.2) is 25.0 Å². The molecule has 1 aliphatic carbocycles. The predicted molar refractivity (Wildman–Crippen MR) is 48.9 cm³/mol. The average Bonchev–Trinajstić information content (AvgIpc) is 2.69. The van der Waals surface area contributed by atoms with Crippen LogP contribution in [-0.2, 0) is 4.79 Å². The van der Waals surface area contributed by atoms with Crippen molar-refractivity contribution < 1.29 is 4.79 Å². The van der Waals surface area contributed by atoms with Crippen LogP contribution >= 0.6 is 0 Å². The van der Waals surface area contributed by atoms with Crippen LogP contribution in [0.4, 0.5) is 0 Å². The normalized spacial score (nSPS) is 16.6. The van der Waals surface area contributed by atoms with E-state index in [0.29, 0.717) is 6.54 Å². The summed E-state index contributed by atoms with van der Waals surface area (Å²) in [6.45, 7) is 5.41. The molecule has 0 saturated heterocycles. The molecule has 0 heterocycles. The van der Waals surface area contributed by atoms with E-state index in [9.17, 15) is 4.79 Å². The van der Waals surface area contributed by atoms with Gasteiger partial charge in [0, 0.05) is 6.04 Å². The van der Waals surface area contributed by atoms with Gasteiger partial charge in [-0.15, -0.1) is 0 Å². The maximum absolute atomic E-state index is 11.1. The lowest BCUT2D eigenvalue weighted by Crippen LogP contribution is -2.38. The first-order chi connectivity index (χ1) is 5.68. The van der Waals surface area contributed by atoms with Crippen LogP contribution < -0.4 is 10.6 Å². The quantitative estimate of drug-likeness (QED) is 0.631. The lowest BCUT2D eigenvalue weighted by Gasteiger charge is -2.08. The first-order valence-corrected chi connectivity index (χ1v) is 4.68. The SMILES string of the molecule is CC(C)NC(=O)CNCC1CC1. The minimum Gasteiger partial charge on any atom is -0.353 e. The Morgan fingerprint density at radius 1 is 1.50 bits per heavy atom. The smallest absolute Gasteiger partial charge is 0.234 e. The van der Waals surface area contributed by atoms with Crippen molar-refractivity contribution in [1.29, 1.82) is 0 Å². The first-order valence-electron chi connectivity index (χ1n) is 4.68. The monoisotopic (exact) mass is 170 g/mol. The fraction of sp³-hybridized carbons (Fsp3) is 0.889. The Bertz CT molecular complexity index is 153. The van der Waals surface area contributed by atoms with Crippen LogP contribution in [0.2, 0.25) is 0 Å². The van der Waals surface area contributed by atoms with Gasteiger partial charge in [0.2, 0.25) is 5.91 Å². The Morgan fingerprint density at radius 2 is 2.17 bits per heavy atom. The molecule has 0 aliphatic heterocycles. The maximum Gasteiger partial charge on any atom is 0.234 e. The molecule has 0 aromatic carbocycles. The molecule has 0 spiro atoms. The highest BCUT2D eigenvalue weighted by atomic mass is 16.1. The molecule has 2 N–H and O–H groups in total. The molecule has 0 unspecified atom stereocenters. The van der Waals surface area contributed by atoms with Crippen molar-refractivity contribution in [3.63, 3.8) is 0 Å². The topological polar surface area (TPSA) is 41.1 Å². The minimum absolute atomic E-state index is 0.102. The molecule has 0 aromatic heterocycles. The molecule has 70 valence electrons. The van der Waals surface area contributed by atoms with E-state index in [1.54, 1.807) is 0 Å². The van der Waals surface area contributed by atoms with Gasteiger partial charge in [-0.25, -0.2) is 0 Å². The lowest BCUT2D eigenvalue weighted by molar-refractivity contribution is -0.120. The summed E-state index contributed by atoms with van der Waals surface area (Å²) in [5.41, 5.74) is 0. The first kappa shape index (κ1) is 9.52. The summed E-state index contributed by atoms with van der Waals surface area (Å²) in [5, 5.41) is 5.98. The fourth-order valence-corrected chi connectivity index (χ4v) is 1.08. The highest BCUT2D eigenvalue weighted by Gasteiger charge is 2.20. The number of carbonyl (C=O) groups is 1. The Balaban J connectivity index is 1.93. The second-order valence-electron chi connectivity index (χ2n) is 3.80. The molecule has 0 radical (unpaired) electrons. The fourth-order valence-electron chi connectivity index (χ4n) is 1.08. The third kappa shape index (κ3) is 4.34. The number of amides is 1. The Hall–Kier alpha value is -0.570. The van der Waals surface area contributed by atoms with Gasteiger partial charge in [-0.05, 0) is 39.2 Å². The molecule has 1 fully saturated rings. The Kier molecular flexibility index (Phi) is 3.53. The van der Waals surface area contributed by atoms with E-state index in [4.69, 9.17) is 0 Å². The summed E-state index contributed by atoms with van der Waals surface area (Å²) < 4.78 is 0. The molecule has 0 atom stereocenters. The van der Waals surface area contributed by atoms with Crippen molar-refractivity contribution in [2.45, 2.75) is 32.7 Å². The second-order valence-corrected chi connectivity index (χ2v) is 3.80. The average molecular weight is 170 g/mol. The van der Waals surface area contributed by atoms with E-state index in [0.717, 1.165) is 12.5 Å². The van der Waals surface area contributed by atoms with Gasteiger partial charge in [0.15, 0.2) is 0 Å². The molecule has 1 aliphatic rings. The van der Waals surface area contributed by atoms with Gasteiger partial charge in [-0.2, -0.15) is 0 Å². The number of nitrogens with one attached hydrogen (secondary N) is 2. The maximum atomic E-state index is 11.1. The van der Waals surface area contributed by atoms with E-state index >= 15 is 0 Å². The van der Waals surface area contributed by atoms with E-state index in [2.05, 4.69) is 10.6 Å². The van der Waals surface area contributed by atoms with E-state index in [1.807, 2.05) is 13.8 Å². The van der Waals surface area contributed by atoms with E-state index in [-0.39, 0.29) is 11.9 Å². The number of carbonyl (C=O) groups excluding carboxylic acids is 1. The van der Waals surface area contributed by atoms with Crippen LogP contribution in [0.15, 0.2) is 0 Å². The Labute approximate surface area is 73.9 Å². The molecule has 12 heavy (non-hydrogen) atoms. The predicted octanol–water partition coefficient (Wildman–Crippen LogP) is 0.511. The summed E-state index contributed by atoms with van der Waals surface area (Å²) in [5.74, 6) is 0.947. The van der Waals surface area contributed by atoms with Crippen LogP contribution in [0.25, 0.3) is 0 Å². The molecule has 0 bridgehead atoms. The second kappa shape index (κ2) is 4.45. The molecule has 3 heteroatoms. The van der Waals surface area contributed by atoms with Crippen LogP contribution in [0.3, 0.4) is 0 Å². The van der Waals surface area contributed by atoms with Crippen molar-refractivity contribution in [3.8, 4) is 0 Å². The molecular formula is C9H18N2O.